The summed E-state index contributed by atoms with van der Waals surface area (Å²) in [6.45, 7) is 4.34. The lowest BCUT2D eigenvalue weighted by Gasteiger charge is -2.48. The molecule has 0 bridgehead atoms. The van der Waals surface area contributed by atoms with Gasteiger partial charge in [0.2, 0.25) is 11.8 Å². The highest BCUT2D eigenvalue weighted by molar-refractivity contribution is 7.11. The fraction of sp³-hybridized carbons (Fsp3) is 0.381. The number of anilines is 1. The molecule has 0 aliphatic carbocycles. The molecule has 3 heterocycles. The van der Waals surface area contributed by atoms with Crippen LogP contribution in [0.3, 0.4) is 0 Å². The van der Waals surface area contributed by atoms with E-state index in [-0.39, 0.29) is 24.3 Å². The van der Waals surface area contributed by atoms with Crippen LogP contribution in [-0.2, 0) is 22.6 Å². The minimum Gasteiger partial charge on any atom is -0.350 e. The Morgan fingerprint density at radius 2 is 1.93 bits per heavy atom. The van der Waals surface area contributed by atoms with Crippen molar-refractivity contribution in [3.8, 4) is 0 Å². The van der Waals surface area contributed by atoms with Crippen molar-refractivity contribution in [3.63, 3.8) is 0 Å². The Morgan fingerprint density at radius 3 is 2.68 bits per heavy atom. The van der Waals surface area contributed by atoms with E-state index in [0.29, 0.717) is 30.6 Å². The Balaban J connectivity index is 1.54. The molecule has 2 aliphatic rings. The van der Waals surface area contributed by atoms with Crippen molar-refractivity contribution >= 4 is 34.7 Å². The van der Waals surface area contributed by atoms with E-state index in [1.54, 1.807) is 39.3 Å². The van der Waals surface area contributed by atoms with E-state index >= 15 is 0 Å². The molecular formula is C21H23N3O3S. The van der Waals surface area contributed by atoms with Crippen LogP contribution in [0.15, 0.2) is 36.4 Å². The Morgan fingerprint density at radius 1 is 1.18 bits per heavy atom. The monoisotopic (exact) mass is 397 g/mol. The average Bonchev–Trinajstić information content (AvgIpc) is 3.28. The maximum Gasteiger partial charge on any atom is 0.258 e. The number of para-hydroxylation sites is 1. The molecule has 2 aliphatic heterocycles. The summed E-state index contributed by atoms with van der Waals surface area (Å²) in [7, 11) is 0. The number of carbonyl (C=O) groups is 3. The number of nitrogens with zero attached hydrogens (tertiary/aromatic N) is 2. The summed E-state index contributed by atoms with van der Waals surface area (Å²) in [5, 5.41) is 2.91. The molecule has 4 rings (SSSR count). The van der Waals surface area contributed by atoms with Crippen molar-refractivity contribution in [2.75, 3.05) is 11.4 Å². The molecule has 1 atom stereocenters. The number of hydrogen-bond acceptors (Lipinski definition) is 4. The lowest BCUT2D eigenvalue weighted by molar-refractivity contribution is -0.124. The van der Waals surface area contributed by atoms with Crippen LogP contribution in [0.2, 0.25) is 0 Å². The molecule has 0 unspecified atom stereocenters. The predicted molar refractivity (Wildman–Crippen MR) is 108 cm³/mol. The fourth-order valence-electron chi connectivity index (χ4n) is 4.03. The average molecular weight is 398 g/mol. The normalized spacial score (nSPS) is 20.9. The van der Waals surface area contributed by atoms with Crippen LogP contribution in [0.1, 0.15) is 46.8 Å². The first-order valence-electron chi connectivity index (χ1n) is 9.52. The van der Waals surface area contributed by atoms with E-state index in [0.717, 1.165) is 11.3 Å². The molecule has 1 aromatic carbocycles. The zero-order valence-corrected chi connectivity index (χ0v) is 16.8. The quantitative estimate of drug-likeness (QED) is 0.843. The molecule has 7 heteroatoms. The molecule has 3 amide bonds. The molecule has 0 saturated carbocycles. The van der Waals surface area contributed by atoms with Gasteiger partial charge in [-0.15, -0.1) is 11.3 Å². The number of amides is 3. The highest BCUT2D eigenvalue weighted by Gasteiger charge is 2.53. The van der Waals surface area contributed by atoms with Crippen molar-refractivity contribution < 1.29 is 14.4 Å². The first-order chi connectivity index (χ1) is 13.4. The third-order valence-corrected chi connectivity index (χ3v) is 6.80. The van der Waals surface area contributed by atoms with Crippen LogP contribution in [0, 0.1) is 0 Å². The molecule has 0 spiro atoms. The van der Waals surface area contributed by atoms with Crippen LogP contribution in [0.5, 0.6) is 0 Å². The Labute approximate surface area is 168 Å². The minimum absolute atomic E-state index is 0.0152. The van der Waals surface area contributed by atoms with Crippen molar-refractivity contribution in [3.05, 3.63) is 51.7 Å². The van der Waals surface area contributed by atoms with Crippen molar-refractivity contribution in [2.45, 2.75) is 45.3 Å². The SMILES string of the molecule is CCc1ccc(CNC(=O)CN2C(=O)c3ccccc3N3C(=O)CC[C@]23C)s1. The smallest absolute Gasteiger partial charge is 0.258 e. The first kappa shape index (κ1) is 18.7. The van der Waals surface area contributed by atoms with E-state index in [1.807, 2.05) is 19.1 Å². The van der Waals surface area contributed by atoms with Crippen LogP contribution in [-0.4, -0.2) is 34.8 Å². The van der Waals surface area contributed by atoms with Gasteiger partial charge in [-0.25, -0.2) is 0 Å². The summed E-state index contributed by atoms with van der Waals surface area (Å²) >= 11 is 1.68. The molecule has 1 fully saturated rings. The zero-order valence-electron chi connectivity index (χ0n) is 16.0. The van der Waals surface area contributed by atoms with Crippen LogP contribution in [0.4, 0.5) is 5.69 Å². The number of fused-ring (bicyclic) bond motifs is 3. The molecular weight excluding hydrogens is 374 g/mol. The van der Waals surface area contributed by atoms with Gasteiger partial charge in [0, 0.05) is 16.2 Å². The van der Waals surface area contributed by atoms with Crippen LogP contribution < -0.4 is 10.2 Å². The summed E-state index contributed by atoms with van der Waals surface area (Å²) in [6, 6.07) is 11.2. The molecule has 146 valence electrons. The van der Waals surface area contributed by atoms with Gasteiger partial charge in [0.25, 0.3) is 5.91 Å². The molecule has 1 saturated heterocycles. The van der Waals surface area contributed by atoms with Gasteiger partial charge in [0.1, 0.15) is 12.2 Å². The Hall–Kier alpha value is -2.67. The second kappa shape index (κ2) is 7.05. The maximum absolute atomic E-state index is 13.1. The fourth-order valence-corrected chi connectivity index (χ4v) is 4.93. The molecule has 2 aromatic rings. The van der Waals surface area contributed by atoms with Crippen LogP contribution >= 0.6 is 11.3 Å². The summed E-state index contributed by atoms with van der Waals surface area (Å²) < 4.78 is 0. The molecule has 1 N–H and O–H groups in total. The summed E-state index contributed by atoms with van der Waals surface area (Å²) in [4.78, 5) is 43.9. The van der Waals surface area contributed by atoms with E-state index < -0.39 is 5.66 Å². The summed E-state index contributed by atoms with van der Waals surface area (Å²) in [5.74, 6) is -0.443. The second-order valence-corrected chi connectivity index (χ2v) is 8.61. The highest BCUT2D eigenvalue weighted by Crippen LogP contribution is 2.43. The maximum atomic E-state index is 13.1. The van der Waals surface area contributed by atoms with Gasteiger partial charge in [-0.2, -0.15) is 0 Å². The van der Waals surface area contributed by atoms with Crippen molar-refractivity contribution in [1.82, 2.24) is 10.2 Å². The lowest BCUT2D eigenvalue weighted by Crippen LogP contribution is -2.63. The third-order valence-electron chi connectivity index (χ3n) is 5.57. The minimum atomic E-state index is -0.807. The van der Waals surface area contributed by atoms with Crippen LogP contribution in [0.25, 0.3) is 0 Å². The number of aryl methyl sites for hydroxylation is 1. The van der Waals surface area contributed by atoms with Gasteiger partial charge in [-0.1, -0.05) is 19.1 Å². The number of hydrogen-bond donors (Lipinski definition) is 1. The second-order valence-electron chi connectivity index (χ2n) is 7.35. The van der Waals surface area contributed by atoms with Gasteiger partial charge in [0.15, 0.2) is 0 Å². The number of carbonyl (C=O) groups excluding carboxylic acids is 3. The van der Waals surface area contributed by atoms with Gasteiger partial charge in [0.05, 0.1) is 17.8 Å². The van der Waals surface area contributed by atoms with Gasteiger partial charge in [-0.3, -0.25) is 19.3 Å². The van der Waals surface area contributed by atoms with Crippen molar-refractivity contribution in [2.24, 2.45) is 0 Å². The van der Waals surface area contributed by atoms with E-state index in [2.05, 4.69) is 18.3 Å². The summed E-state index contributed by atoms with van der Waals surface area (Å²) in [6.07, 6.45) is 1.86. The number of benzene rings is 1. The number of nitrogens with one attached hydrogen (secondary N) is 1. The van der Waals surface area contributed by atoms with E-state index in [1.165, 1.54) is 4.88 Å². The van der Waals surface area contributed by atoms with Gasteiger partial charge in [-0.05, 0) is 44.0 Å². The highest BCUT2D eigenvalue weighted by atomic mass is 32.1. The lowest BCUT2D eigenvalue weighted by atomic mass is 9.98. The Bertz CT molecular complexity index is 954. The Kier molecular flexibility index (Phi) is 4.71. The predicted octanol–water partition coefficient (Wildman–Crippen LogP) is 2.93. The number of rotatable bonds is 5. The molecule has 28 heavy (non-hydrogen) atoms. The van der Waals surface area contributed by atoms with Crippen molar-refractivity contribution in [1.29, 1.82) is 0 Å². The largest absolute Gasteiger partial charge is 0.350 e. The van der Waals surface area contributed by atoms with Gasteiger partial charge >= 0.3 is 0 Å². The standard InChI is InChI=1S/C21H23N3O3S/c1-3-14-8-9-15(28-14)12-22-18(25)13-23-20(27)16-6-4-5-7-17(16)24-19(26)10-11-21(23,24)2/h4-9H,3,10-13H2,1-2H3,(H,22,25)/t21-/m1/s1. The summed E-state index contributed by atoms with van der Waals surface area (Å²) in [5.41, 5.74) is 0.298. The van der Waals surface area contributed by atoms with E-state index in [4.69, 9.17) is 0 Å². The van der Waals surface area contributed by atoms with Gasteiger partial charge < -0.3 is 10.2 Å². The number of thiophene rings is 1. The van der Waals surface area contributed by atoms with E-state index in [9.17, 15) is 14.4 Å². The first-order valence-corrected chi connectivity index (χ1v) is 10.3. The third kappa shape index (κ3) is 2.99. The zero-order chi connectivity index (χ0) is 19.9. The topological polar surface area (TPSA) is 69.7 Å². The molecule has 0 radical (unpaired) electrons. The molecule has 6 nitrogen and oxygen atoms in total. The molecule has 1 aromatic heterocycles.